The van der Waals surface area contributed by atoms with Crippen molar-refractivity contribution in [1.29, 1.82) is 0 Å². The van der Waals surface area contributed by atoms with E-state index < -0.39 is 0 Å². The fourth-order valence-corrected chi connectivity index (χ4v) is 0.453. The van der Waals surface area contributed by atoms with Crippen molar-refractivity contribution in [2.24, 2.45) is 0 Å². The smallest absolute Gasteiger partial charge is 0.115 e. The van der Waals surface area contributed by atoms with Crippen LogP contribution in [0.4, 0.5) is 0 Å². The monoisotopic (exact) mass is 126 g/mol. The zero-order valence-electron chi connectivity index (χ0n) is 4.20. The van der Waals surface area contributed by atoms with Gasteiger partial charge in [0.05, 0.1) is 0 Å². The lowest BCUT2D eigenvalue weighted by molar-refractivity contribution is 0.460. The molecule has 0 heterocycles. The second-order valence-corrected chi connectivity index (χ2v) is 1.52. The van der Waals surface area contributed by atoms with Gasteiger partial charge in [0.15, 0.2) is 0 Å². The highest BCUT2D eigenvalue weighted by molar-refractivity contribution is 5.28. The predicted molar refractivity (Wildman–Crippen MR) is 36.5 cm³/mol. The Bertz CT molecular complexity index is 146. The molecule has 2 N–H and O–H groups in total. The van der Waals surface area contributed by atoms with Crippen LogP contribution in [0.15, 0.2) is 24.3 Å². The zero-order valence-corrected chi connectivity index (χ0v) is 4.20. The first-order valence-corrected chi connectivity index (χ1v) is 2.27. The number of rotatable bonds is 0. The lowest BCUT2D eigenvalue weighted by atomic mass is 10.3. The SMILES string of the molecule is C.Oc1ccc(O)cc1. The van der Waals surface area contributed by atoms with Crippen molar-refractivity contribution in [2.45, 2.75) is 7.43 Å². The second-order valence-electron chi connectivity index (χ2n) is 1.52. The molecule has 0 aromatic heterocycles. The molecular formula is C7H10O2. The van der Waals surface area contributed by atoms with E-state index >= 15 is 0 Å². The maximum atomic E-state index is 8.65. The van der Waals surface area contributed by atoms with Crippen molar-refractivity contribution in [1.82, 2.24) is 0 Å². The lowest BCUT2D eigenvalue weighted by Crippen LogP contribution is -1.61. The van der Waals surface area contributed by atoms with Gasteiger partial charge in [0.25, 0.3) is 0 Å². The van der Waals surface area contributed by atoms with Gasteiger partial charge in [-0.1, -0.05) is 7.43 Å². The average molecular weight is 126 g/mol. The van der Waals surface area contributed by atoms with Gasteiger partial charge in [0.1, 0.15) is 11.5 Å². The van der Waals surface area contributed by atoms with Crippen molar-refractivity contribution in [2.75, 3.05) is 0 Å². The molecule has 0 aliphatic carbocycles. The number of hydrogen-bond acceptors (Lipinski definition) is 2. The van der Waals surface area contributed by atoms with Gasteiger partial charge < -0.3 is 10.2 Å². The van der Waals surface area contributed by atoms with E-state index in [1.807, 2.05) is 0 Å². The van der Waals surface area contributed by atoms with Crippen molar-refractivity contribution >= 4 is 0 Å². The Morgan fingerprint density at radius 2 is 1.00 bits per heavy atom. The van der Waals surface area contributed by atoms with Gasteiger partial charge in [-0.05, 0) is 24.3 Å². The van der Waals surface area contributed by atoms with E-state index in [0.29, 0.717) is 0 Å². The van der Waals surface area contributed by atoms with Crippen LogP contribution in [0.1, 0.15) is 7.43 Å². The molecule has 0 atom stereocenters. The van der Waals surface area contributed by atoms with E-state index in [9.17, 15) is 0 Å². The molecule has 2 heteroatoms. The van der Waals surface area contributed by atoms with Crippen LogP contribution in [-0.4, -0.2) is 10.2 Å². The van der Waals surface area contributed by atoms with Crippen molar-refractivity contribution in [3.8, 4) is 11.5 Å². The van der Waals surface area contributed by atoms with Gasteiger partial charge >= 0.3 is 0 Å². The maximum Gasteiger partial charge on any atom is 0.115 e. The number of benzene rings is 1. The Kier molecular flexibility index (Phi) is 2.58. The van der Waals surface area contributed by atoms with E-state index in [4.69, 9.17) is 10.2 Å². The second kappa shape index (κ2) is 2.97. The maximum absolute atomic E-state index is 8.65. The predicted octanol–water partition coefficient (Wildman–Crippen LogP) is 1.73. The molecular weight excluding hydrogens is 116 g/mol. The molecule has 0 bridgehead atoms. The number of aromatic hydroxyl groups is 2. The highest BCUT2D eigenvalue weighted by atomic mass is 16.3. The van der Waals surface area contributed by atoms with E-state index in [2.05, 4.69) is 0 Å². The van der Waals surface area contributed by atoms with Crippen molar-refractivity contribution in [3.63, 3.8) is 0 Å². The van der Waals surface area contributed by atoms with Crippen LogP contribution in [0.25, 0.3) is 0 Å². The minimum absolute atomic E-state index is 0. The van der Waals surface area contributed by atoms with E-state index in [0.717, 1.165) is 0 Å². The van der Waals surface area contributed by atoms with E-state index in [1.165, 1.54) is 24.3 Å². The minimum Gasteiger partial charge on any atom is -0.508 e. The summed E-state index contributed by atoms with van der Waals surface area (Å²) in [5.74, 6) is 0.339. The summed E-state index contributed by atoms with van der Waals surface area (Å²) in [7, 11) is 0. The van der Waals surface area contributed by atoms with Gasteiger partial charge in [-0.15, -0.1) is 0 Å². The summed E-state index contributed by atoms with van der Waals surface area (Å²) >= 11 is 0. The number of hydrogen-bond donors (Lipinski definition) is 2. The summed E-state index contributed by atoms with van der Waals surface area (Å²) < 4.78 is 0. The molecule has 0 saturated carbocycles. The van der Waals surface area contributed by atoms with Gasteiger partial charge in [-0.25, -0.2) is 0 Å². The van der Waals surface area contributed by atoms with Crippen LogP contribution in [-0.2, 0) is 0 Å². The molecule has 0 saturated heterocycles. The standard InChI is InChI=1S/C6H6O2.CH4/c7-5-1-2-6(8)4-3-5;/h1-4,7-8H;1H4. The Morgan fingerprint density at radius 3 is 1.22 bits per heavy atom. The molecule has 50 valence electrons. The molecule has 1 rings (SSSR count). The van der Waals surface area contributed by atoms with Crippen LogP contribution in [0, 0.1) is 0 Å². The van der Waals surface area contributed by atoms with Crippen LogP contribution in [0.3, 0.4) is 0 Å². The molecule has 0 fully saturated rings. The van der Waals surface area contributed by atoms with Crippen LogP contribution in [0.2, 0.25) is 0 Å². The molecule has 1 aromatic carbocycles. The Balaban J connectivity index is 0.000000640. The summed E-state index contributed by atoms with van der Waals surface area (Å²) in [5, 5.41) is 17.3. The molecule has 0 unspecified atom stereocenters. The van der Waals surface area contributed by atoms with E-state index in [-0.39, 0.29) is 18.9 Å². The Labute approximate surface area is 54.4 Å². The number of phenolic OH excluding ortho intramolecular Hbond substituents is 2. The molecule has 2 nitrogen and oxygen atoms in total. The molecule has 1 aromatic rings. The third-order valence-electron chi connectivity index (χ3n) is 0.850. The Morgan fingerprint density at radius 1 is 0.778 bits per heavy atom. The van der Waals surface area contributed by atoms with Gasteiger partial charge in [-0.2, -0.15) is 0 Å². The highest BCUT2D eigenvalue weighted by Gasteiger charge is 1.84. The molecule has 0 spiro atoms. The molecule has 0 amide bonds. The summed E-state index contributed by atoms with van der Waals surface area (Å²) in [5.41, 5.74) is 0. The van der Waals surface area contributed by atoms with Gasteiger partial charge in [0.2, 0.25) is 0 Å². The third-order valence-corrected chi connectivity index (χ3v) is 0.850. The van der Waals surface area contributed by atoms with Crippen LogP contribution in [0.5, 0.6) is 11.5 Å². The van der Waals surface area contributed by atoms with Gasteiger partial charge in [-0.3, -0.25) is 0 Å². The fourth-order valence-electron chi connectivity index (χ4n) is 0.453. The Hall–Kier alpha value is -1.18. The number of phenols is 2. The first kappa shape index (κ1) is 7.82. The van der Waals surface area contributed by atoms with Crippen LogP contribution >= 0.6 is 0 Å². The third kappa shape index (κ3) is 2.04. The zero-order chi connectivity index (χ0) is 5.98. The summed E-state index contributed by atoms with van der Waals surface area (Å²) in [6.45, 7) is 0. The first-order chi connectivity index (χ1) is 3.79. The topological polar surface area (TPSA) is 40.5 Å². The summed E-state index contributed by atoms with van der Waals surface area (Å²) in [4.78, 5) is 0. The molecule has 0 aliphatic heterocycles. The normalized spacial score (nSPS) is 8.00. The lowest BCUT2D eigenvalue weighted by Gasteiger charge is -1.88. The first-order valence-electron chi connectivity index (χ1n) is 2.27. The fraction of sp³-hybridized carbons (Fsp3) is 0.143. The van der Waals surface area contributed by atoms with E-state index in [1.54, 1.807) is 0 Å². The average Bonchev–Trinajstić information content (AvgIpc) is 1.77. The molecule has 0 radical (unpaired) electrons. The minimum atomic E-state index is 0. The quantitative estimate of drug-likeness (QED) is 0.520. The van der Waals surface area contributed by atoms with Crippen LogP contribution < -0.4 is 0 Å². The van der Waals surface area contributed by atoms with Gasteiger partial charge in [0, 0.05) is 0 Å². The molecule has 9 heavy (non-hydrogen) atoms. The molecule has 0 aliphatic rings. The van der Waals surface area contributed by atoms with Crippen molar-refractivity contribution in [3.05, 3.63) is 24.3 Å². The largest absolute Gasteiger partial charge is 0.508 e. The summed E-state index contributed by atoms with van der Waals surface area (Å²) in [6, 6.07) is 5.70. The summed E-state index contributed by atoms with van der Waals surface area (Å²) in [6.07, 6.45) is 0. The highest BCUT2D eigenvalue weighted by Crippen LogP contribution is 2.13. The van der Waals surface area contributed by atoms with Crippen molar-refractivity contribution < 1.29 is 10.2 Å².